The lowest BCUT2D eigenvalue weighted by atomic mass is 10.3. The summed E-state index contributed by atoms with van der Waals surface area (Å²) in [5.41, 5.74) is 0.0505. The van der Waals surface area contributed by atoms with Crippen LogP contribution in [0.1, 0.15) is 0 Å². The molecule has 0 saturated carbocycles. The Bertz CT molecular complexity index is 1120. The number of halogens is 2. The predicted octanol–water partition coefficient (Wildman–Crippen LogP) is 2.28. The smallest absolute Gasteiger partial charge is 0.265 e. The number of sulfonamides is 1. The molecule has 1 fully saturated rings. The summed E-state index contributed by atoms with van der Waals surface area (Å²) in [7, 11) is -4.31. The molecule has 3 aromatic rings. The van der Waals surface area contributed by atoms with Crippen LogP contribution >= 0.6 is 0 Å². The van der Waals surface area contributed by atoms with Crippen molar-refractivity contribution in [3.63, 3.8) is 0 Å². The largest absolute Gasteiger partial charge is 0.353 e. The molecule has 0 spiro atoms. The molecule has 0 bridgehead atoms. The van der Waals surface area contributed by atoms with E-state index in [1.54, 1.807) is 6.20 Å². The van der Waals surface area contributed by atoms with E-state index in [1.807, 2.05) is 23.1 Å². The van der Waals surface area contributed by atoms with Crippen molar-refractivity contribution in [1.82, 2.24) is 15.0 Å². The van der Waals surface area contributed by atoms with E-state index in [1.165, 1.54) is 12.4 Å². The molecular weight excluding hydrogens is 414 g/mol. The van der Waals surface area contributed by atoms with E-state index in [4.69, 9.17) is 0 Å². The van der Waals surface area contributed by atoms with Crippen molar-refractivity contribution in [3.8, 4) is 0 Å². The number of hydrogen-bond acceptors (Lipinski definition) is 7. The number of hydrogen-bond donors (Lipinski definition) is 1. The molecule has 1 saturated heterocycles. The minimum absolute atomic E-state index is 0.0505. The molecule has 0 aliphatic carbocycles. The molecule has 4 rings (SSSR count). The fourth-order valence-corrected chi connectivity index (χ4v) is 4.23. The van der Waals surface area contributed by atoms with E-state index in [0.717, 1.165) is 31.0 Å². The molecule has 1 aliphatic heterocycles. The lowest BCUT2D eigenvalue weighted by molar-refractivity contribution is 0.555. The fourth-order valence-electron chi connectivity index (χ4n) is 3.11. The van der Waals surface area contributed by atoms with Crippen LogP contribution in [0.2, 0.25) is 0 Å². The van der Waals surface area contributed by atoms with Gasteiger partial charge in [0.25, 0.3) is 10.0 Å². The summed E-state index contributed by atoms with van der Waals surface area (Å²) in [6, 6.07) is 7.98. The highest BCUT2D eigenvalue weighted by atomic mass is 32.2. The van der Waals surface area contributed by atoms with Crippen molar-refractivity contribution in [2.75, 3.05) is 40.7 Å². The number of aromatic nitrogens is 3. The molecule has 2 aromatic heterocycles. The fraction of sp³-hybridized carbons (Fsp3) is 0.211. The second kappa shape index (κ2) is 8.19. The van der Waals surface area contributed by atoms with Crippen molar-refractivity contribution >= 4 is 27.5 Å². The third-order valence-corrected chi connectivity index (χ3v) is 6.01. The van der Waals surface area contributed by atoms with Crippen molar-refractivity contribution < 1.29 is 17.2 Å². The lowest BCUT2D eigenvalue weighted by Gasteiger charge is -2.35. The number of pyridine rings is 1. The highest BCUT2D eigenvalue weighted by molar-refractivity contribution is 7.92. The first kappa shape index (κ1) is 20.0. The van der Waals surface area contributed by atoms with Crippen LogP contribution in [0.15, 0.2) is 59.9 Å². The van der Waals surface area contributed by atoms with Crippen LogP contribution in [0.4, 0.5) is 26.2 Å². The Hall–Kier alpha value is -3.34. The molecular formula is C19H18F2N6O2S. The lowest BCUT2D eigenvalue weighted by Crippen LogP contribution is -2.47. The average Bonchev–Trinajstić information content (AvgIpc) is 2.76. The zero-order valence-corrected chi connectivity index (χ0v) is 16.6. The Kier molecular flexibility index (Phi) is 5.44. The van der Waals surface area contributed by atoms with Gasteiger partial charge in [0, 0.05) is 32.4 Å². The third-order valence-electron chi connectivity index (χ3n) is 4.61. The van der Waals surface area contributed by atoms with Crippen molar-refractivity contribution in [2.24, 2.45) is 0 Å². The van der Waals surface area contributed by atoms with E-state index < -0.39 is 26.6 Å². The van der Waals surface area contributed by atoms with Gasteiger partial charge in [-0.1, -0.05) is 6.07 Å². The van der Waals surface area contributed by atoms with Gasteiger partial charge in [-0.15, -0.1) is 0 Å². The molecule has 1 aliphatic rings. The van der Waals surface area contributed by atoms with Gasteiger partial charge >= 0.3 is 0 Å². The summed E-state index contributed by atoms with van der Waals surface area (Å²) in [4.78, 5) is 16.1. The van der Waals surface area contributed by atoms with Crippen molar-refractivity contribution in [1.29, 1.82) is 0 Å². The number of rotatable bonds is 5. The maximum absolute atomic E-state index is 13.8. The van der Waals surface area contributed by atoms with E-state index in [-0.39, 0.29) is 5.69 Å². The topological polar surface area (TPSA) is 91.3 Å². The van der Waals surface area contributed by atoms with Gasteiger partial charge in [-0.2, -0.15) is 0 Å². The quantitative estimate of drug-likeness (QED) is 0.661. The second-order valence-corrected chi connectivity index (χ2v) is 8.26. The SMILES string of the molecule is O=S(=O)(Nc1cnc(N2CCN(c3ccccn3)CC2)nc1)c1cc(F)ccc1F. The number of nitrogens with zero attached hydrogens (tertiary/aromatic N) is 5. The molecule has 8 nitrogen and oxygen atoms in total. The van der Waals surface area contributed by atoms with Gasteiger partial charge in [-0.05, 0) is 30.3 Å². The Morgan fingerprint density at radius 2 is 1.60 bits per heavy atom. The first-order chi connectivity index (χ1) is 14.4. The van der Waals surface area contributed by atoms with Crippen molar-refractivity contribution in [3.05, 3.63) is 66.6 Å². The summed E-state index contributed by atoms with van der Waals surface area (Å²) < 4.78 is 54.0. The summed E-state index contributed by atoms with van der Waals surface area (Å²) in [5.74, 6) is -0.539. The Morgan fingerprint density at radius 3 is 2.27 bits per heavy atom. The Morgan fingerprint density at radius 1 is 0.900 bits per heavy atom. The highest BCUT2D eigenvalue weighted by Gasteiger charge is 2.22. The zero-order valence-electron chi connectivity index (χ0n) is 15.7. The third kappa shape index (κ3) is 4.30. The monoisotopic (exact) mass is 432 g/mol. The molecule has 0 amide bonds. The summed E-state index contributed by atoms with van der Waals surface area (Å²) >= 11 is 0. The van der Waals surface area contributed by atoms with Gasteiger partial charge < -0.3 is 9.80 Å². The average molecular weight is 432 g/mol. The van der Waals surface area contributed by atoms with E-state index >= 15 is 0 Å². The van der Waals surface area contributed by atoms with Gasteiger partial charge in [0.15, 0.2) is 0 Å². The van der Waals surface area contributed by atoms with Crippen LogP contribution in [-0.4, -0.2) is 49.5 Å². The standard InChI is InChI=1S/C19H18F2N6O2S/c20-14-4-5-16(21)17(11-14)30(28,29)25-15-12-23-19(24-13-15)27-9-7-26(8-10-27)18-3-1-2-6-22-18/h1-6,11-13,25H,7-10H2. The molecule has 11 heteroatoms. The summed E-state index contributed by atoms with van der Waals surface area (Å²) in [6.07, 6.45) is 4.34. The van der Waals surface area contributed by atoms with Crippen LogP contribution in [0, 0.1) is 11.6 Å². The van der Waals surface area contributed by atoms with E-state index in [0.29, 0.717) is 25.1 Å². The number of piperazine rings is 1. The summed E-state index contributed by atoms with van der Waals surface area (Å²) in [5, 5.41) is 0. The molecule has 0 unspecified atom stereocenters. The molecule has 0 radical (unpaired) electrons. The van der Waals surface area contributed by atoms with Gasteiger partial charge in [-0.25, -0.2) is 32.2 Å². The number of anilines is 3. The molecule has 30 heavy (non-hydrogen) atoms. The second-order valence-electron chi connectivity index (χ2n) is 6.61. The minimum atomic E-state index is -4.31. The first-order valence-electron chi connectivity index (χ1n) is 9.13. The van der Waals surface area contributed by atoms with Crippen LogP contribution in [-0.2, 0) is 10.0 Å². The minimum Gasteiger partial charge on any atom is -0.353 e. The maximum Gasteiger partial charge on any atom is 0.265 e. The number of nitrogens with one attached hydrogen (secondary N) is 1. The molecule has 1 aromatic carbocycles. The van der Waals surface area contributed by atoms with Gasteiger partial charge in [0.05, 0.1) is 18.1 Å². The van der Waals surface area contributed by atoms with Crippen LogP contribution < -0.4 is 14.5 Å². The van der Waals surface area contributed by atoms with Crippen LogP contribution in [0.3, 0.4) is 0 Å². The molecule has 156 valence electrons. The van der Waals surface area contributed by atoms with Crippen molar-refractivity contribution in [2.45, 2.75) is 4.90 Å². The predicted molar refractivity (Wildman–Crippen MR) is 108 cm³/mol. The van der Waals surface area contributed by atoms with Gasteiger partial charge in [0.2, 0.25) is 5.95 Å². The molecule has 1 N–H and O–H groups in total. The van der Waals surface area contributed by atoms with Gasteiger partial charge in [0.1, 0.15) is 22.3 Å². The van der Waals surface area contributed by atoms with E-state index in [2.05, 4.69) is 24.6 Å². The highest BCUT2D eigenvalue weighted by Crippen LogP contribution is 2.21. The first-order valence-corrected chi connectivity index (χ1v) is 10.6. The molecule has 0 atom stereocenters. The Balaban J connectivity index is 1.42. The zero-order chi connectivity index (χ0) is 21.1. The maximum atomic E-state index is 13.8. The van der Waals surface area contributed by atoms with Gasteiger partial charge in [-0.3, -0.25) is 4.72 Å². The van der Waals surface area contributed by atoms with E-state index in [9.17, 15) is 17.2 Å². The Labute approximate surface area is 172 Å². The summed E-state index contributed by atoms with van der Waals surface area (Å²) in [6.45, 7) is 2.84. The normalized spacial score (nSPS) is 14.6. The van der Waals surface area contributed by atoms with Crippen LogP contribution in [0.25, 0.3) is 0 Å². The molecule has 3 heterocycles. The van der Waals surface area contributed by atoms with Crippen LogP contribution in [0.5, 0.6) is 0 Å². The number of benzene rings is 1.